The minimum Gasteiger partial charge on any atom is -0.370 e. The number of benzene rings is 1. The van der Waals surface area contributed by atoms with Crippen molar-refractivity contribution in [1.29, 1.82) is 5.26 Å². The summed E-state index contributed by atoms with van der Waals surface area (Å²) in [7, 11) is 0. The number of nitrogens with zero attached hydrogens (tertiary/aromatic N) is 2. The smallest absolute Gasteiger partial charge is 0.250 e. The van der Waals surface area contributed by atoms with Crippen molar-refractivity contribution in [2.45, 2.75) is 25.7 Å². The van der Waals surface area contributed by atoms with E-state index in [1.807, 2.05) is 6.07 Å². The molecular weight excluding hydrogens is 350 g/mol. The van der Waals surface area contributed by atoms with Crippen molar-refractivity contribution in [2.75, 3.05) is 44.7 Å². The first-order chi connectivity index (χ1) is 13.9. The van der Waals surface area contributed by atoms with E-state index in [1.54, 1.807) is 4.90 Å². The zero-order valence-corrected chi connectivity index (χ0v) is 16.2. The Morgan fingerprint density at radius 1 is 1.14 bits per heavy atom. The third kappa shape index (κ3) is 2.92. The van der Waals surface area contributed by atoms with Gasteiger partial charge in [-0.25, -0.2) is 0 Å². The molecule has 0 radical (unpaired) electrons. The number of para-hydroxylation sites is 2. The Hall–Kier alpha value is -2.62. The molecule has 2 aliphatic rings. The summed E-state index contributed by atoms with van der Waals surface area (Å²) in [6, 6.07) is 10.8. The lowest BCUT2D eigenvalue weighted by Crippen LogP contribution is -3.14. The van der Waals surface area contributed by atoms with Crippen LogP contribution in [-0.4, -0.2) is 44.4 Å². The summed E-state index contributed by atoms with van der Waals surface area (Å²) in [4.78, 5) is 5.11. The molecule has 3 heterocycles. The first-order valence-electron chi connectivity index (χ1n) is 10.4. The molecule has 1 fully saturated rings. The van der Waals surface area contributed by atoms with Crippen molar-refractivity contribution in [3.8, 4) is 6.07 Å². The van der Waals surface area contributed by atoms with Gasteiger partial charge in [-0.05, 0) is 43.4 Å². The van der Waals surface area contributed by atoms with Crippen LogP contribution in [0.2, 0.25) is 0 Å². The lowest BCUT2D eigenvalue weighted by atomic mass is 9.89. The summed E-state index contributed by atoms with van der Waals surface area (Å²) in [6.45, 7) is 5.91. The molecule has 0 unspecified atom stereocenters. The van der Waals surface area contributed by atoms with Crippen molar-refractivity contribution in [1.82, 2.24) is 4.98 Å². The van der Waals surface area contributed by atoms with Gasteiger partial charge in [-0.15, -0.1) is 0 Å². The summed E-state index contributed by atoms with van der Waals surface area (Å²) in [5, 5.41) is 13.7. The average Bonchev–Trinajstić information content (AvgIpc) is 3.13. The molecule has 0 atom stereocenters. The van der Waals surface area contributed by atoms with Crippen molar-refractivity contribution in [3.63, 3.8) is 0 Å². The molecule has 0 bridgehead atoms. The summed E-state index contributed by atoms with van der Waals surface area (Å²) in [5.74, 6) is 1.17. The Kier molecular flexibility index (Phi) is 4.63. The highest BCUT2D eigenvalue weighted by Gasteiger charge is 2.28. The molecular formula is C22H27N5O+2. The highest BCUT2D eigenvalue weighted by Crippen LogP contribution is 2.31. The van der Waals surface area contributed by atoms with Crippen LogP contribution in [0, 0.1) is 11.3 Å². The second-order valence-corrected chi connectivity index (χ2v) is 7.86. The van der Waals surface area contributed by atoms with E-state index >= 15 is 0 Å². The molecule has 3 aromatic rings. The number of nitriles is 1. The standard InChI is InChI=1S/C22H25N5O/c23-15-18-16-5-1-2-6-17(16)21(24-9-10-26-11-13-28-14-12-26)27-20-8-4-3-7-19(20)25-22(18)27/h3-4,7-8H,1-2,5-6,9-14H2,(H,24,25)/p+2. The van der Waals surface area contributed by atoms with Crippen LogP contribution in [0.15, 0.2) is 24.3 Å². The maximum Gasteiger partial charge on any atom is 0.250 e. The summed E-state index contributed by atoms with van der Waals surface area (Å²) in [5.41, 5.74) is 6.51. The molecule has 2 aromatic heterocycles. The summed E-state index contributed by atoms with van der Waals surface area (Å²) < 4.78 is 7.72. The van der Waals surface area contributed by atoms with Crippen LogP contribution in [0.4, 0.5) is 5.82 Å². The molecule has 1 aromatic carbocycles. The van der Waals surface area contributed by atoms with Crippen LogP contribution in [-0.2, 0) is 17.6 Å². The van der Waals surface area contributed by atoms with Gasteiger partial charge < -0.3 is 9.64 Å². The maximum absolute atomic E-state index is 9.93. The van der Waals surface area contributed by atoms with Gasteiger partial charge in [-0.2, -0.15) is 9.66 Å². The Bertz CT molecular complexity index is 1060. The first-order valence-corrected chi connectivity index (χ1v) is 10.4. The predicted molar refractivity (Wildman–Crippen MR) is 108 cm³/mol. The minimum atomic E-state index is 0.815. The number of pyridine rings is 1. The quantitative estimate of drug-likeness (QED) is 0.594. The zero-order valence-electron chi connectivity index (χ0n) is 16.2. The largest absolute Gasteiger partial charge is 0.370 e. The van der Waals surface area contributed by atoms with E-state index in [-0.39, 0.29) is 0 Å². The van der Waals surface area contributed by atoms with Crippen LogP contribution < -0.4 is 14.6 Å². The first kappa shape index (κ1) is 17.5. The van der Waals surface area contributed by atoms with Crippen LogP contribution >= 0.6 is 0 Å². The normalized spacial score (nSPS) is 17.5. The average molecular weight is 377 g/mol. The van der Waals surface area contributed by atoms with Gasteiger partial charge in [0.25, 0.3) is 0 Å². The molecule has 0 spiro atoms. The third-order valence-electron chi connectivity index (χ3n) is 6.22. The van der Waals surface area contributed by atoms with Crippen molar-refractivity contribution in [2.24, 2.45) is 0 Å². The Morgan fingerprint density at radius 3 is 2.75 bits per heavy atom. The third-order valence-corrected chi connectivity index (χ3v) is 6.22. The van der Waals surface area contributed by atoms with E-state index in [4.69, 9.17) is 4.74 Å². The van der Waals surface area contributed by atoms with E-state index in [1.165, 1.54) is 23.4 Å². The van der Waals surface area contributed by atoms with Gasteiger partial charge in [0, 0.05) is 5.56 Å². The van der Waals surface area contributed by atoms with E-state index < -0.39 is 0 Å². The summed E-state index contributed by atoms with van der Waals surface area (Å²) in [6.07, 6.45) is 4.39. The molecule has 1 saturated heterocycles. The van der Waals surface area contributed by atoms with E-state index in [9.17, 15) is 5.26 Å². The predicted octanol–water partition coefficient (Wildman–Crippen LogP) is 0.984. The highest BCUT2D eigenvalue weighted by atomic mass is 16.5. The number of anilines is 1. The second kappa shape index (κ2) is 7.42. The SMILES string of the molecule is N#Cc1c2c(c(NCC[NH+]3CCOCC3)[n+]3c1[nH]c1ccccc13)CCCC2. The van der Waals surface area contributed by atoms with Gasteiger partial charge in [-0.1, -0.05) is 12.1 Å². The molecule has 1 aliphatic carbocycles. The number of aromatic nitrogens is 2. The van der Waals surface area contributed by atoms with Gasteiger partial charge >= 0.3 is 0 Å². The number of ether oxygens (including phenoxy) is 1. The number of imidazole rings is 1. The molecule has 6 heteroatoms. The Labute approximate surface area is 164 Å². The molecule has 3 N–H and O–H groups in total. The van der Waals surface area contributed by atoms with Crippen molar-refractivity contribution >= 4 is 22.5 Å². The van der Waals surface area contributed by atoms with Crippen molar-refractivity contribution in [3.05, 3.63) is 41.0 Å². The van der Waals surface area contributed by atoms with Crippen LogP contribution in [0.5, 0.6) is 0 Å². The maximum atomic E-state index is 9.93. The lowest BCUT2D eigenvalue weighted by molar-refractivity contribution is -0.906. The lowest BCUT2D eigenvalue weighted by Gasteiger charge is -2.24. The molecule has 5 rings (SSSR count). The second-order valence-electron chi connectivity index (χ2n) is 7.86. The fraction of sp³-hybridized carbons (Fsp3) is 0.455. The fourth-order valence-corrected chi connectivity index (χ4v) is 4.78. The number of fused-ring (bicyclic) bond motifs is 4. The molecule has 144 valence electrons. The number of aromatic amines is 1. The molecule has 0 amide bonds. The van der Waals surface area contributed by atoms with E-state index in [0.717, 1.165) is 80.9 Å². The number of rotatable bonds is 4. The molecule has 1 aliphatic heterocycles. The number of hydrogen-bond donors (Lipinski definition) is 3. The monoisotopic (exact) mass is 377 g/mol. The molecule has 0 saturated carbocycles. The Balaban J connectivity index is 1.60. The van der Waals surface area contributed by atoms with Gasteiger partial charge in [-0.3, -0.25) is 10.3 Å². The topological polar surface area (TPSA) is 69.4 Å². The minimum absolute atomic E-state index is 0.815. The number of hydrogen-bond acceptors (Lipinski definition) is 3. The molecule has 6 nitrogen and oxygen atoms in total. The van der Waals surface area contributed by atoms with Gasteiger partial charge in [0.1, 0.15) is 48.8 Å². The van der Waals surface area contributed by atoms with Crippen LogP contribution in [0.25, 0.3) is 16.7 Å². The zero-order chi connectivity index (χ0) is 18.9. The fourth-order valence-electron chi connectivity index (χ4n) is 4.78. The number of quaternary nitrogens is 1. The number of morpholine rings is 1. The van der Waals surface area contributed by atoms with Crippen LogP contribution in [0.3, 0.4) is 0 Å². The van der Waals surface area contributed by atoms with E-state index in [0.29, 0.717) is 0 Å². The van der Waals surface area contributed by atoms with E-state index in [2.05, 4.69) is 39.0 Å². The highest BCUT2D eigenvalue weighted by molar-refractivity contribution is 5.78. The van der Waals surface area contributed by atoms with Crippen LogP contribution in [0.1, 0.15) is 29.5 Å². The van der Waals surface area contributed by atoms with Gasteiger partial charge in [0.2, 0.25) is 11.5 Å². The summed E-state index contributed by atoms with van der Waals surface area (Å²) >= 11 is 0. The number of H-pyrrole nitrogens is 1. The molecule has 28 heavy (non-hydrogen) atoms. The van der Waals surface area contributed by atoms with Crippen molar-refractivity contribution < 1.29 is 14.0 Å². The van der Waals surface area contributed by atoms with Gasteiger partial charge in [0.05, 0.1) is 13.2 Å². The Morgan fingerprint density at radius 2 is 1.93 bits per heavy atom. The van der Waals surface area contributed by atoms with Gasteiger partial charge in [0.15, 0.2) is 0 Å². The number of nitrogens with one attached hydrogen (secondary N) is 3.